The fourth-order valence-corrected chi connectivity index (χ4v) is 2.86. The zero-order chi connectivity index (χ0) is 12.1. The molecule has 0 atom stereocenters. The summed E-state index contributed by atoms with van der Waals surface area (Å²) in [5.74, 6) is 1.34. The quantitative estimate of drug-likeness (QED) is 0.780. The molecule has 1 aromatic carbocycles. The molecule has 0 aliphatic heterocycles. The van der Waals surface area contributed by atoms with Crippen molar-refractivity contribution < 1.29 is 9.13 Å². The zero-order valence-corrected chi connectivity index (χ0v) is 10.9. The second-order valence-electron chi connectivity index (χ2n) is 3.14. The number of aromatic nitrogens is 2. The Hall–Kier alpha value is -1.14. The smallest absolute Gasteiger partial charge is 0.174 e. The minimum Gasteiger partial charge on any atom is -0.486 e. The maximum Gasteiger partial charge on any atom is 0.174 e. The largest absolute Gasteiger partial charge is 0.486 e. The predicted molar refractivity (Wildman–Crippen MR) is 67.0 cm³/mol. The molecule has 0 fully saturated rings. The van der Waals surface area contributed by atoms with Gasteiger partial charge in [-0.05, 0) is 30.0 Å². The summed E-state index contributed by atoms with van der Waals surface area (Å²) in [7, 11) is 0. The van der Waals surface area contributed by atoms with Crippen molar-refractivity contribution in [2.75, 3.05) is 5.75 Å². The Labute approximate surface area is 107 Å². The van der Waals surface area contributed by atoms with Gasteiger partial charge in [-0.3, -0.25) is 0 Å². The number of halogens is 1. The normalized spacial score (nSPS) is 10.5. The van der Waals surface area contributed by atoms with E-state index in [1.165, 1.54) is 23.5 Å². The molecule has 0 saturated heterocycles. The Morgan fingerprint density at radius 1 is 1.29 bits per heavy atom. The van der Waals surface area contributed by atoms with Crippen molar-refractivity contribution in [1.82, 2.24) is 10.2 Å². The lowest BCUT2D eigenvalue weighted by Crippen LogP contribution is -1.94. The second-order valence-corrected chi connectivity index (χ2v) is 5.71. The molecular weight excluding hydrogens is 259 g/mol. The highest BCUT2D eigenvalue weighted by atomic mass is 32.2. The van der Waals surface area contributed by atoms with Gasteiger partial charge in [-0.15, -0.1) is 10.2 Å². The molecule has 0 unspecified atom stereocenters. The van der Waals surface area contributed by atoms with Crippen molar-refractivity contribution in [1.29, 1.82) is 0 Å². The highest BCUT2D eigenvalue weighted by Crippen LogP contribution is 2.22. The molecule has 0 aliphatic carbocycles. The van der Waals surface area contributed by atoms with Gasteiger partial charge in [0.1, 0.15) is 18.2 Å². The van der Waals surface area contributed by atoms with Gasteiger partial charge in [0.15, 0.2) is 9.35 Å². The lowest BCUT2D eigenvalue weighted by Gasteiger charge is -2.02. The van der Waals surface area contributed by atoms with Gasteiger partial charge in [-0.25, -0.2) is 4.39 Å². The minimum atomic E-state index is -0.269. The SMILES string of the molecule is CCSc1nnc(COc2ccc(F)cc2)s1. The van der Waals surface area contributed by atoms with E-state index >= 15 is 0 Å². The highest BCUT2D eigenvalue weighted by Gasteiger charge is 2.04. The van der Waals surface area contributed by atoms with Crippen LogP contribution in [0.2, 0.25) is 0 Å². The Morgan fingerprint density at radius 2 is 2.06 bits per heavy atom. The van der Waals surface area contributed by atoms with Gasteiger partial charge < -0.3 is 4.74 Å². The van der Waals surface area contributed by atoms with Gasteiger partial charge in [0.05, 0.1) is 0 Å². The van der Waals surface area contributed by atoms with Crippen molar-refractivity contribution in [2.45, 2.75) is 17.9 Å². The fraction of sp³-hybridized carbons (Fsp3) is 0.273. The van der Waals surface area contributed by atoms with Crippen molar-refractivity contribution in [3.05, 3.63) is 35.1 Å². The third kappa shape index (κ3) is 3.67. The van der Waals surface area contributed by atoms with Crippen LogP contribution < -0.4 is 4.74 Å². The van der Waals surface area contributed by atoms with Crippen LogP contribution in [0.4, 0.5) is 4.39 Å². The molecular formula is C11H11FN2OS2. The molecule has 0 radical (unpaired) electrons. The highest BCUT2D eigenvalue weighted by molar-refractivity contribution is 8.00. The van der Waals surface area contributed by atoms with Crippen LogP contribution in [-0.4, -0.2) is 16.0 Å². The van der Waals surface area contributed by atoms with Crippen LogP contribution in [0.1, 0.15) is 11.9 Å². The van der Waals surface area contributed by atoms with Gasteiger partial charge in [-0.1, -0.05) is 30.0 Å². The van der Waals surface area contributed by atoms with Crippen molar-refractivity contribution in [3.8, 4) is 5.75 Å². The van der Waals surface area contributed by atoms with E-state index in [4.69, 9.17) is 4.74 Å². The standard InChI is InChI=1S/C11H11FN2OS2/c1-2-16-11-14-13-10(17-11)7-15-9-5-3-8(12)4-6-9/h3-6H,2,7H2,1H3. The van der Waals surface area contributed by atoms with Crippen molar-refractivity contribution in [2.24, 2.45) is 0 Å². The lowest BCUT2D eigenvalue weighted by molar-refractivity contribution is 0.304. The molecule has 3 nitrogen and oxygen atoms in total. The number of rotatable bonds is 5. The van der Waals surface area contributed by atoms with E-state index in [9.17, 15) is 4.39 Å². The third-order valence-electron chi connectivity index (χ3n) is 1.89. The first-order valence-corrected chi connectivity index (χ1v) is 6.91. The van der Waals surface area contributed by atoms with Crippen LogP contribution >= 0.6 is 23.1 Å². The molecule has 0 amide bonds. The predicted octanol–water partition coefficient (Wildman–Crippen LogP) is 3.37. The molecule has 0 N–H and O–H groups in total. The van der Waals surface area contributed by atoms with Gasteiger partial charge in [0, 0.05) is 0 Å². The Balaban J connectivity index is 1.90. The monoisotopic (exact) mass is 270 g/mol. The van der Waals surface area contributed by atoms with E-state index in [0.29, 0.717) is 12.4 Å². The van der Waals surface area contributed by atoms with E-state index in [-0.39, 0.29) is 5.82 Å². The summed E-state index contributed by atoms with van der Waals surface area (Å²) < 4.78 is 19.1. The van der Waals surface area contributed by atoms with Crippen LogP contribution in [0.3, 0.4) is 0 Å². The summed E-state index contributed by atoms with van der Waals surface area (Å²) in [6, 6.07) is 5.93. The Bertz CT molecular complexity index is 473. The van der Waals surface area contributed by atoms with E-state index in [0.717, 1.165) is 15.1 Å². The molecule has 0 bridgehead atoms. The number of hydrogen-bond acceptors (Lipinski definition) is 5. The van der Waals surface area contributed by atoms with Crippen LogP contribution in [0, 0.1) is 5.82 Å². The van der Waals surface area contributed by atoms with E-state index in [2.05, 4.69) is 17.1 Å². The third-order valence-corrected chi connectivity index (χ3v) is 3.80. The molecule has 2 aromatic rings. The number of benzene rings is 1. The van der Waals surface area contributed by atoms with Gasteiger partial charge in [0.2, 0.25) is 0 Å². The number of hydrogen-bond donors (Lipinski definition) is 0. The van der Waals surface area contributed by atoms with Crippen LogP contribution in [-0.2, 0) is 6.61 Å². The summed E-state index contributed by atoms with van der Waals surface area (Å²) in [4.78, 5) is 0. The van der Waals surface area contributed by atoms with Crippen LogP contribution in [0.25, 0.3) is 0 Å². The topological polar surface area (TPSA) is 35.0 Å². The van der Waals surface area contributed by atoms with Gasteiger partial charge >= 0.3 is 0 Å². The maximum absolute atomic E-state index is 12.7. The molecule has 6 heteroatoms. The summed E-state index contributed by atoms with van der Waals surface area (Å²) in [5.41, 5.74) is 0. The summed E-state index contributed by atoms with van der Waals surface area (Å²) in [6.45, 7) is 2.44. The maximum atomic E-state index is 12.7. The number of nitrogens with zero attached hydrogens (tertiary/aromatic N) is 2. The van der Waals surface area contributed by atoms with Gasteiger partial charge in [0.25, 0.3) is 0 Å². The fourth-order valence-electron chi connectivity index (χ4n) is 1.15. The molecule has 1 heterocycles. The Kier molecular flexibility index (Phi) is 4.33. The summed E-state index contributed by atoms with van der Waals surface area (Å²) in [5, 5.41) is 8.86. The lowest BCUT2D eigenvalue weighted by atomic mass is 10.3. The molecule has 0 saturated carbocycles. The summed E-state index contributed by atoms with van der Waals surface area (Å²) in [6.07, 6.45) is 0. The minimum absolute atomic E-state index is 0.269. The Morgan fingerprint density at radius 3 is 2.76 bits per heavy atom. The molecule has 90 valence electrons. The molecule has 1 aromatic heterocycles. The summed E-state index contributed by atoms with van der Waals surface area (Å²) >= 11 is 3.18. The van der Waals surface area contributed by atoms with E-state index in [1.807, 2.05) is 0 Å². The van der Waals surface area contributed by atoms with Gasteiger partial charge in [-0.2, -0.15) is 0 Å². The van der Waals surface area contributed by atoms with Crippen LogP contribution in [0.15, 0.2) is 28.6 Å². The average Bonchev–Trinajstić information content (AvgIpc) is 2.77. The number of ether oxygens (including phenoxy) is 1. The second kappa shape index (κ2) is 5.97. The first-order valence-electron chi connectivity index (χ1n) is 5.11. The molecule has 2 rings (SSSR count). The first kappa shape index (κ1) is 12.3. The molecule has 0 spiro atoms. The van der Waals surface area contributed by atoms with Crippen molar-refractivity contribution in [3.63, 3.8) is 0 Å². The van der Waals surface area contributed by atoms with E-state index in [1.54, 1.807) is 23.9 Å². The average molecular weight is 270 g/mol. The van der Waals surface area contributed by atoms with Crippen molar-refractivity contribution >= 4 is 23.1 Å². The molecule has 17 heavy (non-hydrogen) atoms. The molecule has 0 aliphatic rings. The van der Waals surface area contributed by atoms with Crippen LogP contribution in [0.5, 0.6) is 5.75 Å². The zero-order valence-electron chi connectivity index (χ0n) is 9.22. The number of thioether (sulfide) groups is 1. The first-order chi connectivity index (χ1) is 8.28. The van der Waals surface area contributed by atoms with E-state index < -0.39 is 0 Å².